The van der Waals surface area contributed by atoms with Gasteiger partial charge in [0.1, 0.15) is 0 Å². The predicted octanol–water partition coefficient (Wildman–Crippen LogP) is 2.87. The summed E-state index contributed by atoms with van der Waals surface area (Å²) in [7, 11) is -3.80. The van der Waals surface area contributed by atoms with E-state index in [0.29, 0.717) is 23.9 Å². The topological polar surface area (TPSA) is 114 Å². The van der Waals surface area contributed by atoms with Crippen LogP contribution in [0.2, 0.25) is 0 Å². The Morgan fingerprint density at radius 3 is 2.53 bits per heavy atom. The predicted molar refractivity (Wildman–Crippen MR) is 138 cm³/mol. The van der Waals surface area contributed by atoms with Crippen molar-refractivity contribution >= 4 is 27.9 Å². The van der Waals surface area contributed by atoms with E-state index in [1.54, 1.807) is 0 Å². The molecule has 1 saturated heterocycles. The van der Waals surface area contributed by atoms with E-state index in [1.165, 1.54) is 0 Å². The Morgan fingerprint density at radius 1 is 1.22 bits per heavy atom. The quantitative estimate of drug-likeness (QED) is 0.306. The minimum Gasteiger partial charge on any atom is -0.350 e. The van der Waals surface area contributed by atoms with Crippen LogP contribution in [0.1, 0.15) is 51.5 Å². The van der Waals surface area contributed by atoms with Crippen LogP contribution in [0.5, 0.6) is 0 Å². The fraction of sp³-hybridized carbons (Fsp3) is 0.538. The molecule has 1 fully saturated rings. The molecular formula is C26H37N3O6S. The van der Waals surface area contributed by atoms with Crippen LogP contribution >= 0.6 is 0 Å². The number of hydrogen-bond acceptors (Lipinski definition) is 6. The number of carbonyl (C=O) groups excluding carboxylic acids is 2. The van der Waals surface area contributed by atoms with Crippen LogP contribution in [0.4, 0.5) is 0 Å². The second-order valence-corrected chi connectivity index (χ2v) is 11.1. The molecular weight excluding hydrogens is 482 g/mol. The van der Waals surface area contributed by atoms with Gasteiger partial charge >= 0.3 is 0 Å². The molecule has 1 aromatic rings. The van der Waals surface area contributed by atoms with E-state index in [-0.39, 0.29) is 18.9 Å². The number of allylic oxidation sites excluding steroid dienone is 1. The van der Waals surface area contributed by atoms with Crippen molar-refractivity contribution < 1.29 is 27.6 Å². The molecule has 0 aliphatic carbocycles. The van der Waals surface area contributed by atoms with Crippen LogP contribution in [0, 0.1) is 30.1 Å². The number of benzene rings is 1. The first kappa shape index (κ1) is 29.5. The standard InChI is InChI=1S/C26H37N3O6S/c1-5-17-29(36(4,32)33)27-25(30)23(19-20(2)3)22(15-11-14-21-12-7-6-8-13-21)26(31)28-35-24-16-9-10-18-34-24/h1,6-8,11-14,20,22-24H,9-10,15-19H2,2-4H3,(H,27,30)(H,28,31)/t22-,23?,24+/m1/s1. The number of hydrazine groups is 1. The number of rotatable bonds is 13. The zero-order chi connectivity index (χ0) is 26.6. The van der Waals surface area contributed by atoms with E-state index in [0.717, 1.165) is 24.7 Å². The fourth-order valence-corrected chi connectivity index (χ4v) is 4.43. The summed E-state index contributed by atoms with van der Waals surface area (Å²) >= 11 is 0. The first-order valence-electron chi connectivity index (χ1n) is 12.1. The van der Waals surface area contributed by atoms with E-state index in [9.17, 15) is 18.0 Å². The van der Waals surface area contributed by atoms with E-state index in [2.05, 4.69) is 16.8 Å². The Labute approximate surface area is 214 Å². The Kier molecular flexibility index (Phi) is 12.1. The number of hydroxylamine groups is 1. The van der Waals surface area contributed by atoms with E-state index >= 15 is 0 Å². The molecule has 0 radical (unpaired) electrons. The zero-order valence-electron chi connectivity index (χ0n) is 21.2. The van der Waals surface area contributed by atoms with Crippen molar-refractivity contribution in [3.05, 3.63) is 42.0 Å². The molecule has 9 nitrogen and oxygen atoms in total. The number of hydrogen-bond donors (Lipinski definition) is 2. The molecule has 0 aromatic heterocycles. The molecule has 1 aliphatic heterocycles. The monoisotopic (exact) mass is 519 g/mol. The maximum atomic E-state index is 13.3. The first-order valence-corrected chi connectivity index (χ1v) is 14.0. The molecule has 2 rings (SSSR count). The fourth-order valence-electron chi connectivity index (χ4n) is 3.86. The van der Waals surface area contributed by atoms with Gasteiger partial charge in [0.05, 0.1) is 24.6 Å². The van der Waals surface area contributed by atoms with Gasteiger partial charge in [-0.2, -0.15) is 0 Å². The molecule has 1 unspecified atom stereocenters. The number of nitrogens with one attached hydrogen (secondary N) is 2. The third-order valence-corrected chi connectivity index (χ3v) is 6.70. The number of carbonyl (C=O) groups is 2. The summed E-state index contributed by atoms with van der Waals surface area (Å²) in [5.41, 5.74) is 5.83. The lowest BCUT2D eigenvalue weighted by Crippen LogP contribution is -2.51. The Morgan fingerprint density at radius 2 is 1.94 bits per heavy atom. The van der Waals surface area contributed by atoms with Crippen LogP contribution in [-0.2, 0) is 29.2 Å². The number of nitrogens with zero attached hydrogens (tertiary/aromatic N) is 1. The molecule has 1 heterocycles. The van der Waals surface area contributed by atoms with Gasteiger partial charge in [0.2, 0.25) is 21.8 Å². The molecule has 36 heavy (non-hydrogen) atoms. The van der Waals surface area contributed by atoms with Crippen molar-refractivity contribution in [1.29, 1.82) is 0 Å². The van der Waals surface area contributed by atoms with Gasteiger partial charge in [-0.1, -0.05) is 62.3 Å². The summed E-state index contributed by atoms with van der Waals surface area (Å²) < 4.78 is 30.4. The van der Waals surface area contributed by atoms with Gasteiger partial charge in [-0.05, 0) is 37.2 Å². The lowest BCUT2D eigenvalue weighted by Gasteiger charge is -2.29. The van der Waals surface area contributed by atoms with Gasteiger partial charge in [-0.3, -0.25) is 15.0 Å². The SMILES string of the molecule is C#CCN(NC(=O)C(CC(C)C)[C@@H](CC=Cc1ccccc1)C(=O)NO[C@H]1CCCCO1)S(C)(=O)=O. The maximum Gasteiger partial charge on any atom is 0.247 e. The van der Waals surface area contributed by atoms with E-state index in [1.807, 2.05) is 56.3 Å². The second-order valence-electron chi connectivity index (χ2n) is 9.22. The first-order chi connectivity index (χ1) is 17.1. The second kappa shape index (κ2) is 14.8. The molecule has 2 N–H and O–H groups in total. The van der Waals surface area contributed by atoms with Crippen LogP contribution < -0.4 is 10.9 Å². The van der Waals surface area contributed by atoms with Crippen molar-refractivity contribution in [2.45, 2.75) is 52.2 Å². The van der Waals surface area contributed by atoms with Gasteiger partial charge in [0.25, 0.3) is 0 Å². The van der Waals surface area contributed by atoms with Crippen molar-refractivity contribution in [3.8, 4) is 12.3 Å². The average molecular weight is 520 g/mol. The summed E-state index contributed by atoms with van der Waals surface area (Å²) in [5, 5.41) is 0. The largest absolute Gasteiger partial charge is 0.350 e. The highest BCUT2D eigenvalue weighted by molar-refractivity contribution is 7.88. The van der Waals surface area contributed by atoms with E-state index in [4.69, 9.17) is 16.0 Å². The summed E-state index contributed by atoms with van der Waals surface area (Å²) in [6.07, 6.45) is 12.5. The molecule has 0 bridgehead atoms. The highest BCUT2D eigenvalue weighted by Crippen LogP contribution is 2.26. The Balaban J connectivity index is 2.27. The Bertz CT molecular complexity index is 1010. The maximum absolute atomic E-state index is 13.3. The third kappa shape index (κ3) is 10.1. The van der Waals surface area contributed by atoms with Gasteiger partial charge in [0, 0.05) is 13.0 Å². The lowest BCUT2D eigenvalue weighted by molar-refractivity contribution is -0.203. The van der Waals surface area contributed by atoms with Crippen LogP contribution in [-0.4, -0.2) is 50.3 Å². The number of amides is 2. The molecule has 3 atom stereocenters. The molecule has 0 saturated carbocycles. The summed E-state index contributed by atoms with van der Waals surface area (Å²) in [4.78, 5) is 32.1. The zero-order valence-corrected chi connectivity index (χ0v) is 22.0. The summed E-state index contributed by atoms with van der Waals surface area (Å²) in [5.74, 6) is -0.480. The molecule has 10 heteroatoms. The minimum atomic E-state index is -3.80. The number of sulfonamides is 1. The van der Waals surface area contributed by atoms with Crippen molar-refractivity contribution in [2.75, 3.05) is 19.4 Å². The average Bonchev–Trinajstić information content (AvgIpc) is 2.84. The van der Waals surface area contributed by atoms with Crippen LogP contribution in [0.3, 0.4) is 0 Å². The number of ether oxygens (including phenoxy) is 1. The van der Waals surface area contributed by atoms with Gasteiger partial charge < -0.3 is 4.74 Å². The van der Waals surface area contributed by atoms with Crippen molar-refractivity contribution in [1.82, 2.24) is 15.3 Å². The van der Waals surface area contributed by atoms with Crippen LogP contribution in [0.15, 0.2) is 36.4 Å². The molecule has 0 spiro atoms. The van der Waals surface area contributed by atoms with Gasteiger partial charge in [-0.25, -0.2) is 18.7 Å². The summed E-state index contributed by atoms with van der Waals surface area (Å²) in [6, 6.07) is 9.57. The molecule has 2 amide bonds. The van der Waals surface area contributed by atoms with Gasteiger partial charge in [-0.15, -0.1) is 10.8 Å². The van der Waals surface area contributed by atoms with Crippen molar-refractivity contribution in [2.24, 2.45) is 17.8 Å². The lowest BCUT2D eigenvalue weighted by atomic mass is 9.82. The molecule has 1 aliphatic rings. The normalized spacial score (nSPS) is 18.1. The number of terminal acetylenes is 1. The van der Waals surface area contributed by atoms with Crippen LogP contribution in [0.25, 0.3) is 6.08 Å². The highest BCUT2D eigenvalue weighted by Gasteiger charge is 2.36. The van der Waals surface area contributed by atoms with E-state index < -0.39 is 40.0 Å². The van der Waals surface area contributed by atoms with Gasteiger partial charge in [0.15, 0.2) is 6.29 Å². The molecule has 198 valence electrons. The Hall–Kier alpha value is -2.71. The smallest absolute Gasteiger partial charge is 0.247 e. The third-order valence-electron chi connectivity index (χ3n) is 5.68. The minimum absolute atomic E-state index is 0.0519. The van der Waals surface area contributed by atoms with Crippen molar-refractivity contribution in [3.63, 3.8) is 0 Å². The molecule has 1 aromatic carbocycles. The highest BCUT2D eigenvalue weighted by atomic mass is 32.2. The summed E-state index contributed by atoms with van der Waals surface area (Å²) in [6.45, 7) is 4.08.